The van der Waals surface area contributed by atoms with Gasteiger partial charge in [-0.05, 0) is 43.5 Å². The molecule has 0 saturated heterocycles. The molecule has 0 aliphatic carbocycles. The predicted molar refractivity (Wildman–Crippen MR) is 119 cm³/mol. The van der Waals surface area contributed by atoms with Crippen molar-refractivity contribution >= 4 is 35.0 Å². The number of benzene rings is 1. The summed E-state index contributed by atoms with van der Waals surface area (Å²) < 4.78 is 14.6. The molecule has 1 aromatic carbocycles. The number of phenols is 1. The summed E-state index contributed by atoms with van der Waals surface area (Å²) >= 11 is 1.05. The zero-order valence-electron chi connectivity index (χ0n) is 18.0. The van der Waals surface area contributed by atoms with E-state index in [0.29, 0.717) is 17.3 Å². The number of nitrogens with zero attached hydrogens (tertiary/aromatic N) is 3. The number of anilines is 3. The highest BCUT2D eigenvalue weighted by Crippen LogP contribution is 2.35. The lowest BCUT2D eigenvalue weighted by Crippen LogP contribution is -2.21. The van der Waals surface area contributed by atoms with Crippen LogP contribution in [0.3, 0.4) is 0 Å². The van der Waals surface area contributed by atoms with E-state index >= 15 is 0 Å². The maximum Gasteiger partial charge on any atom is 0.257 e. The van der Waals surface area contributed by atoms with Gasteiger partial charge < -0.3 is 25.1 Å². The average molecular weight is 430 g/mol. The molecule has 3 rings (SSSR count). The zero-order valence-corrected chi connectivity index (χ0v) is 18.8. The minimum Gasteiger partial charge on any atom is -0.505 e. The number of hydrogen-bond acceptors (Lipinski definition) is 8. The van der Waals surface area contributed by atoms with E-state index in [1.54, 1.807) is 32.3 Å². The molecule has 0 bridgehead atoms. The number of aromatic hydroxyl groups is 1. The van der Waals surface area contributed by atoms with Gasteiger partial charge in [0.1, 0.15) is 11.5 Å². The molecule has 9 heteroatoms. The lowest BCUT2D eigenvalue weighted by Gasteiger charge is -2.21. The summed E-state index contributed by atoms with van der Waals surface area (Å²) in [4.78, 5) is 13.7. The van der Waals surface area contributed by atoms with Gasteiger partial charge in [0.15, 0.2) is 17.4 Å². The minimum atomic E-state index is -0.283. The third-order valence-electron chi connectivity index (χ3n) is 4.86. The van der Waals surface area contributed by atoms with Crippen LogP contribution in [0.15, 0.2) is 28.7 Å². The monoisotopic (exact) mass is 429 g/mol. The van der Waals surface area contributed by atoms with Crippen LogP contribution >= 0.6 is 11.7 Å². The summed E-state index contributed by atoms with van der Waals surface area (Å²) in [5.41, 5.74) is 1.69. The molecular formula is C21H27N5O3S. The minimum absolute atomic E-state index is 0.0999. The summed E-state index contributed by atoms with van der Waals surface area (Å²) in [6.45, 7) is 8.15. The Kier molecular flexibility index (Phi) is 6.31. The van der Waals surface area contributed by atoms with Crippen molar-refractivity contribution in [1.29, 1.82) is 0 Å². The molecule has 0 aliphatic rings. The first kappa shape index (κ1) is 21.6. The second kappa shape index (κ2) is 8.74. The normalized spacial score (nSPS) is 12.1. The number of para-hydroxylation sites is 1. The Labute approximate surface area is 180 Å². The Bertz CT molecular complexity index is 1020. The van der Waals surface area contributed by atoms with Crippen LogP contribution in [0.25, 0.3) is 0 Å². The molecule has 30 heavy (non-hydrogen) atoms. The summed E-state index contributed by atoms with van der Waals surface area (Å²) in [6, 6.07) is 6.90. The zero-order chi connectivity index (χ0) is 22.0. The number of carbonyl (C=O) groups is 1. The fourth-order valence-electron chi connectivity index (χ4n) is 3.02. The van der Waals surface area contributed by atoms with Crippen molar-refractivity contribution in [3.8, 4) is 5.75 Å². The number of aromatic nitrogens is 2. The number of furan rings is 1. The smallest absolute Gasteiger partial charge is 0.257 e. The number of nitrogens with one attached hydrogen (secondary N) is 2. The molecule has 0 spiro atoms. The third kappa shape index (κ3) is 4.40. The maximum atomic E-state index is 12.3. The molecule has 0 fully saturated rings. The van der Waals surface area contributed by atoms with Crippen LogP contribution in [-0.2, 0) is 0 Å². The predicted octanol–water partition coefficient (Wildman–Crippen LogP) is 4.71. The number of aryl methyl sites for hydroxylation is 2. The summed E-state index contributed by atoms with van der Waals surface area (Å²) in [5, 5.41) is 17.1. The first-order chi connectivity index (χ1) is 14.2. The van der Waals surface area contributed by atoms with Gasteiger partial charge in [-0.15, -0.1) is 0 Å². The lowest BCUT2D eigenvalue weighted by atomic mass is 10.0. The fourth-order valence-corrected chi connectivity index (χ4v) is 3.49. The van der Waals surface area contributed by atoms with Gasteiger partial charge in [0.2, 0.25) is 0 Å². The molecule has 2 aromatic heterocycles. The number of phenolic OH excluding ortho intramolecular Hbond substituents is 1. The SMILES string of the molecule is Cc1cc([C@H](Nc2nsnc2Nc2cccc(C(=O)N(C)C)c2O)C(C)C)oc1C. The van der Waals surface area contributed by atoms with E-state index in [-0.39, 0.29) is 29.2 Å². The Morgan fingerprint density at radius 1 is 1.20 bits per heavy atom. The van der Waals surface area contributed by atoms with Crippen molar-refractivity contribution in [1.82, 2.24) is 13.6 Å². The quantitative estimate of drug-likeness (QED) is 0.467. The third-order valence-corrected chi connectivity index (χ3v) is 5.39. The van der Waals surface area contributed by atoms with E-state index in [0.717, 1.165) is 28.8 Å². The van der Waals surface area contributed by atoms with Gasteiger partial charge in [-0.1, -0.05) is 19.9 Å². The van der Waals surface area contributed by atoms with Crippen molar-refractivity contribution in [3.63, 3.8) is 0 Å². The molecule has 0 saturated carbocycles. The van der Waals surface area contributed by atoms with Crippen molar-refractivity contribution in [2.24, 2.45) is 5.92 Å². The highest BCUT2D eigenvalue weighted by atomic mass is 32.1. The Morgan fingerprint density at radius 2 is 1.90 bits per heavy atom. The van der Waals surface area contributed by atoms with Crippen LogP contribution < -0.4 is 10.6 Å². The van der Waals surface area contributed by atoms with Crippen molar-refractivity contribution in [2.75, 3.05) is 24.7 Å². The van der Waals surface area contributed by atoms with Crippen LogP contribution in [0.5, 0.6) is 5.75 Å². The van der Waals surface area contributed by atoms with Crippen LogP contribution in [0.2, 0.25) is 0 Å². The molecule has 160 valence electrons. The molecule has 1 amide bonds. The highest BCUT2D eigenvalue weighted by molar-refractivity contribution is 6.99. The molecule has 0 unspecified atom stereocenters. The summed E-state index contributed by atoms with van der Waals surface area (Å²) in [7, 11) is 3.27. The summed E-state index contributed by atoms with van der Waals surface area (Å²) in [6.07, 6.45) is 0. The summed E-state index contributed by atoms with van der Waals surface area (Å²) in [5.74, 6) is 2.56. The highest BCUT2D eigenvalue weighted by Gasteiger charge is 2.24. The Balaban J connectivity index is 1.87. The number of carbonyl (C=O) groups excluding carboxylic acids is 1. The Hall–Kier alpha value is -3.07. The van der Waals surface area contributed by atoms with Crippen molar-refractivity contribution < 1.29 is 14.3 Å². The maximum absolute atomic E-state index is 12.3. The van der Waals surface area contributed by atoms with E-state index in [4.69, 9.17) is 4.42 Å². The standard InChI is InChI=1S/C21H27N5O3S/c1-11(2)17(16-10-12(3)13(4)29-16)23-20-19(24-30-25-20)22-15-9-7-8-14(18(15)27)21(28)26(5)6/h7-11,17,27H,1-6H3,(H,22,24)(H,23,25)/t17-/m1/s1. The fraction of sp³-hybridized carbons (Fsp3) is 0.381. The second-order valence-corrected chi connectivity index (χ2v) is 8.27. The average Bonchev–Trinajstić information content (AvgIpc) is 3.26. The number of hydrogen-bond donors (Lipinski definition) is 3. The number of rotatable bonds is 7. The molecule has 3 N–H and O–H groups in total. The molecule has 2 heterocycles. The van der Waals surface area contributed by atoms with Crippen LogP contribution in [0.1, 0.15) is 47.3 Å². The van der Waals surface area contributed by atoms with Gasteiger partial charge in [0, 0.05) is 14.1 Å². The van der Waals surface area contributed by atoms with E-state index in [9.17, 15) is 9.90 Å². The van der Waals surface area contributed by atoms with Crippen LogP contribution in [0, 0.1) is 19.8 Å². The largest absolute Gasteiger partial charge is 0.505 e. The molecule has 3 aromatic rings. The topological polar surface area (TPSA) is 104 Å². The van der Waals surface area contributed by atoms with Gasteiger partial charge in [0.05, 0.1) is 29.0 Å². The Morgan fingerprint density at radius 3 is 2.50 bits per heavy atom. The second-order valence-electron chi connectivity index (χ2n) is 7.74. The van der Waals surface area contributed by atoms with E-state index in [1.165, 1.54) is 4.90 Å². The van der Waals surface area contributed by atoms with Gasteiger partial charge >= 0.3 is 0 Å². The van der Waals surface area contributed by atoms with E-state index in [1.807, 2.05) is 19.9 Å². The number of amides is 1. The molecule has 1 atom stereocenters. The lowest BCUT2D eigenvalue weighted by molar-refractivity contribution is 0.0824. The first-order valence-corrected chi connectivity index (χ1v) is 10.4. The van der Waals surface area contributed by atoms with Crippen LogP contribution in [0.4, 0.5) is 17.3 Å². The van der Waals surface area contributed by atoms with Crippen LogP contribution in [-0.4, -0.2) is 38.8 Å². The molecule has 8 nitrogen and oxygen atoms in total. The van der Waals surface area contributed by atoms with Gasteiger partial charge in [-0.2, -0.15) is 8.75 Å². The van der Waals surface area contributed by atoms with E-state index in [2.05, 4.69) is 33.2 Å². The molecule has 0 aliphatic heterocycles. The molecule has 0 radical (unpaired) electrons. The van der Waals surface area contributed by atoms with Gasteiger partial charge in [0.25, 0.3) is 5.91 Å². The van der Waals surface area contributed by atoms with Gasteiger partial charge in [-0.3, -0.25) is 4.79 Å². The van der Waals surface area contributed by atoms with Crippen molar-refractivity contribution in [3.05, 3.63) is 46.9 Å². The first-order valence-electron chi connectivity index (χ1n) is 9.65. The van der Waals surface area contributed by atoms with Crippen molar-refractivity contribution in [2.45, 2.75) is 33.7 Å². The molecular weight excluding hydrogens is 402 g/mol. The van der Waals surface area contributed by atoms with E-state index < -0.39 is 0 Å². The van der Waals surface area contributed by atoms with Gasteiger partial charge in [-0.25, -0.2) is 0 Å².